The molecule has 1 heterocycles. The van der Waals surface area contributed by atoms with Crippen LogP contribution in [0, 0.1) is 0 Å². The van der Waals surface area contributed by atoms with Crippen molar-refractivity contribution in [3.8, 4) is 11.4 Å². The van der Waals surface area contributed by atoms with Gasteiger partial charge in [0.1, 0.15) is 0 Å². The Morgan fingerprint density at radius 1 is 1.17 bits per heavy atom. The third-order valence-electron chi connectivity index (χ3n) is 3.93. The number of aromatic nitrogens is 2. The van der Waals surface area contributed by atoms with Crippen LogP contribution in [-0.4, -0.2) is 46.7 Å². The lowest BCUT2D eigenvalue weighted by Crippen LogP contribution is -2.25. The lowest BCUT2D eigenvalue weighted by molar-refractivity contribution is -0.125. The zero-order chi connectivity index (χ0) is 20.8. The molecule has 0 aliphatic carbocycles. The Kier molecular flexibility index (Phi) is 6.90. The summed E-state index contributed by atoms with van der Waals surface area (Å²) in [6.07, 6.45) is 0. The molecule has 0 atom stereocenters. The van der Waals surface area contributed by atoms with Gasteiger partial charge in [-0.05, 0) is 24.3 Å². The summed E-state index contributed by atoms with van der Waals surface area (Å²) in [7, 11) is 3.40. The first-order valence-corrected chi connectivity index (χ1v) is 10.1. The van der Waals surface area contributed by atoms with Crippen LogP contribution in [0.15, 0.2) is 57.9 Å². The Morgan fingerprint density at radius 3 is 2.72 bits per heavy atom. The highest BCUT2D eigenvalue weighted by Gasteiger charge is 2.15. The number of carbonyl (C=O) groups excluding carboxylic acids is 2. The van der Waals surface area contributed by atoms with Crippen LogP contribution in [0.5, 0.6) is 0 Å². The van der Waals surface area contributed by atoms with Crippen molar-refractivity contribution in [1.29, 1.82) is 0 Å². The van der Waals surface area contributed by atoms with Gasteiger partial charge in [-0.3, -0.25) is 9.59 Å². The maximum Gasteiger partial charge on any atom is 0.252 e. The van der Waals surface area contributed by atoms with E-state index in [1.807, 2.05) is 18.2 Å². The van der Waals surface area contributed by atoms with Crippen LogP contribution in [0.2, 0.25) is 5.02 Å². The number of carbonyl (C=O) groups is 2. The topological polar surface area (TPSA) is 88.3 Å². The van der Waals surface area contributed by atoms with Gasteiger partial charge in [0, 0.05) is 29.6 Å². The third kappa shape index (κ3) is 5.58. The number of halogens is 1. The van der Waals surface area contributed by atoms with Crippen LogP contribution < -0.4 is 5.32 Å². The predicted molar refractivity (Wildman–Crippen MR) is 112 cm³/mol. The van der Waals surface area contributed by atoms with Gasteiger partial charge in [0.05, 0.1) is 17.9 Å². The Balaban J connectivity index is 1.64. The second kappa shape index (κ2) is 9.58. The van der Waals surface area contributed by atoms with E-state index < -0.39 is 0 Å². The molecule has 0 saturated heterocycles. The molecule has 7 nitrogen and oxygen atoms in total. The zero-order valence-electron chi connectivity index (χ0n) is 15.9. The van der Waals surface area contributed by atoms with Crippen LogP contribution in [0.1, 0.15) is 16.2 Å². The van der Waals surface area contributed by atoms with Crippen molar-refractivity contribution < 1.29 is 14.1 Å². The first kappa shape index (κ1) is 20.9. The monoisotopic (exact) mass is 430 g/mol. The molecule has 0 aliphatic rings. The van der Waals surface area contributed by atoms with Crippen molar-refractivity contribution >= 4 is 35.2 Å². The summed E-state index contributed by atoms with van der Waals surface area (Å²) in [4.78, 5) is 31.0. The summed E-state index contributed by atoms with van der Waals surface area (Å²) in [5.41, 5.74) is 1.21. The summed E-state index contributed by atoms with van der Waals surface area (Å²) in [6.45, 7) is 0.0853. The summed E-state index contributed by atoms with van der Waals surface area (Å²) in [6, 6.07) is 14.2. The molecule has 29 heavy (non-hydrogen) atoms. The van der Waals surface area contributed by atoms with Crippen molar-refractivity contribution in [3.05, 3.63) is 65.0 Å². The van der Waals surface area contributed by atoms with Gasteiger partial charge in [-0.15, -0.1) is 11.8 Å². The van der Waals surface area contributed by atoms with Gasteiger partial charge in [0.15, 0.2) is 0 Å². The van der Waals surface area contributed by atoms with Crippen LogP contribution >= 0.6 is 23.4 Å². The number of benzene rings is 2. The highest BCUT2D eigenvalue weighted by molar-refractivity contribution is 8.00. The molecule has 2 aromatic carbocycles. The average Bonchev–Trinajstić information content (AvgIpc) is 3.19. The number of thioether (sulfide) groups is 1. The molecule has 3 aromatic rings. The maximum absolute atomic E-state index is 12.6. The average molecular weight is 431 g/mol. The minimum Gasteiger partial charge on any atom is -0.348 e. The van der Waals surface area contributed by atoms with E-state index in [2.05, 4.69) is 15.5 Å². The van der Waals surface area contributed by atoms with E-state index in [-0.39, 0.29) is 30.0 Å². The fraction of sp³-hybridized carbons (Fsp3) is 0.200. The first-order valence-electron chi connectivity index (χ1n) is 8.72. The van der Waals surface area contributed by atoms with E-state index >= 15 is 0 Å². The van der Waals surface area contributed by atoms with Crippen LogP contribution in [0.25, 0.3) is 11.4 Å². The Bertz CT molecular complexity index is 1020. The molecule has 9 heteroatoms. The lowest BCUT2D eigenvalue weighted by atomic mass is 10.2. The van der Waals surface area contributed by atoms with Crippen molar-refractivity contribution in [2.24, 2.45) is 0 Å². The van der Waals surface area contributed by atoms with E-state index in [0.717, 1.165) is 10.5 Å². The number of amides is 2. The fourth-order valence-electron chi connectivity index (χ4n) is 2.37. The van der Waals surface area contributed by atoms with E-state index in [1.165, 1.54) is 16.7 Å². The number of rotatable bonds is 7. The maximum atomic E-state index is 12.6. The van der Waals surface area contributed by atoms with Gasteiger partial charge >= 0.3 is 0 Å². The summed E-state index contributed by atoms with van der Waals surface area (Å²) in [5.74, 6) is 0.623. The van der Waals surface area contributed by atoms with Gasteiger partial charge < -0.3 is 14.7 Å². The second-order valence-corrected chi connectivity index (χ2v) is 7.73. The summed E-state index contributed by atoms with van der Waals surface area (Å²) >= 11 is 7.30. The van der Waals surface area contributed by atoms with Crippen molar-refractivity contribution in [1.82, 2.24) is 20.4 Å². The Hall–Kier alpha value is -2.84. The smallest absolute Gasteiger partial charge is 0.252 e. The normalized spacial score (nSPS) is 10.6. The summed E-state index contributed by atoms with van der Waals surface area (Å²) in [5, 5.41) is 7.26. The molecule has 0 bridgehead atoms. The molecule has 0 unspecified atom stereocenters. The molecule has 0 saturated carbocycles. The zero-order valence-corrected chi connectivity index (χ0v) is 17.5. The first-order chi connectivity index (χ1) is 13.9. The molecule has 0 fully saturated rings. The predicted octanol–water partition coefficient (Wildman–Crippen LogP) is 3.50. The molecular weight excluding hydrogens is 412 g/mol. The molecule has 1 aromatic heterocycles. The van der Waals surface area contributed by atoms with Crippen LogP contribution in [0.3, 0.4) is 0 Å². The van der Waals surface area contributed by atoms with Gasteiger partial charge in [0.2, 0.25) is 17.6 Å². The van der Waals surface area contributed by atoms with E-state index in [9.17, 15) is 9.59 Å². The van der Waals surface area contributed by atoms with Gasteiger partial charge in [-0.25, -0.2) is 0 Å². The number of nitrogens with one attached hydrogen (secondary N) is 1. The molecule has 0 radical (unpaired) electrons. The van der Waals surface area contributed by atoms with E-state index in [4.69, 9.17) is 16.1 Å². The minimum atomic E-state index is -0.284. The SMILES string of the molecule is CN(C)C(=O)CSc1ccccc1C(=O)NCc1nc(-c2cccc(Cl)c2)no1. The Labute approximate surface area is 177 Å². The largest absolute Gasteiger partial charge is 0.348 e. The number of hydrogen-bond acceptors (Lipinski definition) is 6. The fourth-order valence-corrected chi connectivity index (χ4v) is 3.59. The highest BCUT2D eigenvalue weighted by atomic mass is 35.5. The molecule has 0 aliphatic heterocycles. The summed E-state index contributed by atoms with van der Waals surface area (Å²) < 4.78 is 5.21. The quantitative estimate of drug-likeness (QED) is 0.577. The molecular formula is C20H19ClN4O3S. The molecule has 3 rings (SSSR count). The molecule has 1 N–H and O–H groups in total. The van der Waals surface area contributed by atoms with Crippen LogP contribution in [0.4, 0.5) is 0 Å². The Morgan fingerprint density at radius 2 is 1.97 bits per heavy atom. The second-order valence-electron chi connectivity index (χ2n) is 6.28. The number of nitrogens with zero attached hydrogens (tertiary/aromatic N) is 3. The van der Waals surface area contributed by atoms with Crippen molar-refractivity contribution in [2.45, 2.75) is 11.4 Å². The van der Waals surface area contributed by atoms with Gasteiger partial charge in [-0.2, -0.15) is 4.98 Å². The molecule has 150 valence electrons. The van der Waals surface area contributed by atoms with Crippen molar-refractivity contribution in [2.75, 3.05) is 19.8 Å². The molecule has 0 spiro atoms. The minimum absolute atomic E-state index is 0.0235. The third-order valence-corrected chi connectivity index (χ3v) is 5.23. The van der Waals surface area contributed by atoms with Crippen molar-refractivity contribution in [3.63, 3.8) is 0 Å². The molecule has 2 amide bonds. The standard InChI is InChI=1S/C20H19ClN4O3S/c1-25(2)18(26)12-29-16-9-4-3-8-15(16)20(27)22-11-17-23-19(24-28-17)13-6-5-7-14(21)10-13/h3-10H,11-12H2,1-2H3,(H,22,27). The lowest BCUT2D eigenvalue weighted by Gasteiger charge is -2.11. The van der Waals surface area contributed by atoms with E-state index in [1.54, 1.807) is 44.4 Å². The highest BCUT2D eigenvalue weighted by Crippen LogP contribution is 2.23. The van der Waals surface area contributed by atoms with Gasteiger partial charge in [-0.1, -0.05) is 41.0 Å². The number of hydrogen-bond donors (Lipinski definition) is 1. The van der Waals surface area contributed by atoms with Crippen LogP contribution in [-0.2, 0) is 11.3 Å². The van der Waals surface area contributed by atoms with E-state index in [0.29, 0.717) is 16.4 Å². The van der Waals surface area contributed by atoms with Gasteiger partial charge in [0.25, 0.3) is 5.91 Å².